The average Bonchev–Trinajstić information content (AvgIpc) is 2.74. The van der Waals surface area contributed by atoms with E-state index in [4.69, 9.17) is 0 Å². The minimum atomic E-state index is -8.00. The van der Waals surface area contributed by atoms with Gasteiger partial charge in [-0.3, -0.25) is 0 Å². The number of aliphatic hydroxyl groups is 1. The van der Waals surface area contributed by atoms with Gasteiger partial charge >= 0.3 is 35.8 Å². The second-order valence-electron chi connectivity index (χ2n) is 7.96. The third-order valence-electron chi connectivity index (χ3n) is 5.27. The van der Waals surface area contributed by atoms with Crippen LogP contribution in [0, 0.1) is 0 Å². The lowest BCUT2D eigenvalue weighted by atomic mass is 9.89. The van der Waals surface area contributed by atoms with Gasteiger partial charge in [-0.25, -0.2) is 4.57 Å². The summed E-state index contributed by atoms with van der Waals surface area (Å²) in [5, 5.41) is 9.64. The third-order valence-corrected chi connectivity index (χ3v) is 5.27. The Bertz CT molecular complexity index is 823. The zero-order valence-corrected chi connectivity index (χ0v) is 18.1. The number of unbranched alkanes of at least 4 members (excludes halogenated alkanes) is 5. The molecule has 204 valence electrons. The Morgan fingerprint density at radius 2 is 1.20 bits per heavy atom. The molecule has 0 spiro atoms. The van der Waals surface area contributed by atoms with Crippen LogP contribution in [0.15, 0.2) is 24.5 Å². The largest absolute Gasteiger partial charge is 0.460 e. The van der Waals surface area contributed by atoms with E-state index in [9.17, 15) is 62.2 Å². The standard InChI is InChI=1S/C20H23F13NO/c1-2-3-4-5-6-7-10-34-11-8-9-13(12-34)14(35)15(21,22)16(23,24)17(25,26)18(27,28)19(29,30)20(31,32)33/h8-9,11-12,14,35H,2-7,10H2,1H3/q+1. The minimum Gasteiger partial charge on any atom is -0.382 e. The lowest BCUT2D eigenvalue weighted by molar-refractivity contribution is -0.698. The number of nitrogens with zero attached hydrogens (tertiary/aromatic N) is 1. The van der Waals surface area contributed by atoms with Gasteiger partial charge in [-0.2, -0.15) is 57.1 Å². The summed E-state index contributed by atoms with van der Waals surface area (Å²) in [6.45, 7) is 2.07. The highest BCUT2D eigenvalue weighted by molar-refractivity contribution is 5.18. The number of halogens is 13. The molecule has 1 heterocycles. The Hall–Kier alpha value is -1.80. The van der Waals surface area contributed by atoms with Crippen LogP contribution in [0.1, 0.15) is 57.1 Å². The van der Waals surface area contributed by atoms with E-state index < -0.39 is 47.5 Å². The number of pyridine rings is 1. The molecule has 2 nitrogen and oxygen atoms in total. The molecule has 0 radical (unpaired) electrons. The fraction of sp³-hybridized carbons (Fsp3) is 0.750. The highest BCUT2D eigenvalue weighted by Crippen LogP contribution is 2.61. The molecule has 0 amide bonds. The second kappa shape index (κ2) is 10.7. The normalized spacial score (nSPS) is 15.4. The zero-order valence-electron chi connectivity index (χ0n) is 18.1. The van der Waals surface area contributed by atoms with Gasteiger partial charge in [0.05, 0.1) is 5.56 Å². The number of rotatable bonds is 13. The van der Waals surface area contributed by atoms with Crippen LogP contribution >= 0.6 is 0 Å². The van der Waals surface area contributed by atoms with Gasteiger partial charge in [0.2, 0.25) is 0 Å². The zero-order chi connectivity index (χ0) is 27.5. The van der Waals surface area contributed by atoms with E-state index >= 15 is 0 Å². The number of alkyl halides is 13. The molecule has 0 bridgehead atoms. The van der Waals surface area contributed by atoms with Crippen molar-refractivity contribution < 1.29 is 66.7 Å². The van der Waals surface area contributed by atoms with Gasteiger partial charge in [-0.05, 0) is 12.5 Å². The first-order valence-corrected chi connectivity index (χ1v) is 10.3. The molecule has 0 aromatic carbocycles. The van der Waals surface area contributed by atoms with Gasteiger partial charge in [0, 0.05) is 12.5 Å². The van der Waals surface area contributed by atoms with Crippen molar-refractivity contribution >= 4 is 0 Å². The maximum atomic E-state index is 14.2. The topological polar surface area (TPSA) is 24.1 Å². The molecule has 0 saturated carbocycles. The van der Waals surface area contributed by atoms with E-state index in [0.717, 1.165) is 36.3 Å². The minimum absolute atomic E-state index is 0.0979. The van der Waals surface area contributed by atoms with Gasteiger partial charge < -0.3 is 5.11 Å². The van der Waals surface area contributed by atoms with Crippen LogP contribution in [-0.4, -0.2) is 40.9 Å². The van der Waals surface area contributed by atoms with E-state index in [1.807, 2.05) is 6.92 Å². The maximum Gasteiger partial charge on any atom is 0.460 e. The summed E-state index contributed by atoms with van der Waals surface area (Å²) >= 11 is 0. The molecular weight excluding hydrogens is 517 g/mol. The molecule has 1 N–H and O–H groups in total. The van der Waals surface area contributed by atoms with E-state index in [1.165, 1.54) is 6.20 Å². The SMILES string of the molecule is CCCCCCCC[n+]1cccc(C(O)C(F)(F)C(F)(F)C(F)(F)C(F)(F)C(F)(F)C(F)(F)F)c1. The van der Waals surface area contributed by atoms with Gasteiger partial charge in [0.25, 0.3) is 0 Å². The Labute approximate surface area is 191 Å². The highest BCUT2D eigenvalue weighted by atomic mass is 19.4. The summed E-state index contributed by atoms with van der Waals surface area (Å²) in [6, 6.07) is 1.46. The monoisotopic (exact) mass is 540 g/mol. The van der Waals surface area contributed by atoms with Crippen molar-refractivity contribution in [2.75, 3.05) is 0 Å². The van der Waals surface area contributed by atoms with Crippen molar-refractivity contribution in [1.82, 2.24) is 0 Å². The van der Waals surface area contributed by atoms with E-state index in [1.54, 1.807) is 0 Å². The Balaban J connectivity index is 3.21. The fourth-order valence-corrected chi connectivity index (χ4v) is 3.08. The quantitative estimate of drug-likeness (QED) is 0.161. The van der Waals surface area contributed by atoms with Crippen molar-refractivity contribution in [3.8, 4) is 0 Å². The summed E-state index contributed by atoms with van der Waals surface area (Å²) in [6.07, 6.45) is -4.82. The highest BCUT2D eigenvalue weighted by Gasteiger charge is 2.91. The first-order valence-electron chi connectivity index (χ1n) is 10.3. The van der Waals surface area contributed by atoms with Crippen molar-refractivity contribution in [3.63, 3.8) is 0 Å². The molecular formula is C20H23F13NO+. The fourth-order valence-electron chi connectivity index (χ4n) is 3.08. The van der Waals surface area contributed by atoms with E-state index in [2.05, 4.69) is 0 Å². The predicted octanol–water partition coefficient (Wildman–Crippen LogP) is 7.11. The molecule has 0 aliphatic rings. The second-order valence-corrected chi connectivity index (χ2v) is 7.96. The van der Waals surface area contributed by atoms with E-state index in [0.29, 0.717) is 25.1 Å². The summed E-state index contributed by atoms with van der Waals surface area (Å²) in [5.74, 6) is -37.9. The van der Waals surface area contributed by atoms with Crippen LogP contribution in [0.5, 0.6) is 0 Å². The van der Waals surface area contributed by atoms with Crippen molar-refractivity contribution in [3.05, 3.63) is 30.1 Å². The number of hydrogen-bond acceptors (Lipinski definition) is 1. The Kier molecular flexibility index (Phi) is 9.52. The van der Waals surface area contributed by atoms with Crippen LogP contribution in [0.2, 0.25) is 0 Å². The van der Waals surface area contributed by atoms with Crippen LogP contribution < -0.4 is 4.57 Å². The number of aryl methyl sites for hydroxylation is 1. The molecule has 35 heavy (non-hydrogen) atoms. The van der Waals surface area contributed by atoms with Gasteiger partial charge in [-0.15, -0.1) is 0 Å². The molecule has 1 rings (SSSR count). The molecule has 1 aromatic rings. The van der Waals surface area contributed by atoms with Gasteiger partial charge in [0.15, 0.2) is 18.5 Å². The van der Waals surface area contributed by atoms with Crippen molar-refractivity contribution in [1.29, 1.82) is 0 Å². The van der Waals surface area contributed by atoms with Crippen LogP contribution in [0.3, 0.4) is 0 Å². The molecule has 1 atom stereocenters. The number of aliphatic hydroxyl groups excluding tert-OH is 1. The first-order chi connectivity index (χ1) is 15.7. The number of hydrogen-bond donors (Lipinski definition) is 1. The molecule has 1 unspecified atom stereocenters. The van der Waals surface area contributed by atoms with Crippen molar-refractivity contribution in [2.24, 2.45) is 0 Å². The first kappa shape index (κ1) is 31.2. The maximum absolute atomic E-state index is 14.2. The van der Waals surface area contributed by atoms with Crippen LogP contribution in [0.4, 0.5) is 57.1 Å². The van der Waals surface area contributed by atoms with Gasteiger partial charge in [-0.1, -0.05) is 32.6 Å². The van der Waals surface area contributed by atoms with Crippen molar-refractivity contribution in [2.45, 2.75) is 93.9 Å². The van der Waals surface area contributed by atoms with Crippen LogP contribution in [-0.2, 0) is 6.54 Å². The predicted molar refractivity (Wildman–Crippen MR) is 95.8 cm³/mol. The summed E-state index contributed by atoms with van der Waals surface area (Å²) in [5.41, 5.74) is -1.19. The average molecular weight is 540 g/mol. The molecule has 0 saturated heterocycles. The molecule has 15 heteroatoms. The van der Waals surface area contributed by atoms with E-state index in [-0.39, 0.29) is 6.54 Å². The molecule has 1 aromatic heterocycles. The molecule has 0 fully saturated rings. The van der Waals surface area contributed by atoms with Crippen LogP contribution in [0.25, 0.3) is 0 Å². The smallest absolute Gasteiger partial charge is 0.382 e. The Morgan fingerprint density at radius 1 is 0.714 bits per heavy atom. The Morgan fingerprint density at radius 3 is 1.71 bits per heavy atom. The molecule has 0 aliphatic heterocycles. The summed E-state index contributed by atoms with van der Waals surface area (Å²) in [7, 11) is 0. The number of aromatic nitrogens is 1. The lowest BCUT2D eigenvalue weighted by Gasteiger charge is -2.40. The lowest BCUT2D eigenvalue weighted by Crippen LogP contribution is -2.70. The third kappa shape index (κ3) is 5.79. The molecule has 0 aliphatic carbocycles. The summed E-state index contributed by atoms with van der Waals surface area (Å²) in [4.78, 5) is 0. The van der Waals surface area contributed by atoms with Gasteiger partial charge in [0.1, 0.15) is 6.54 Å². The summed E-state index contributed by atoms with van der Waals surface area (Å²) < 4.78 is 174.